The number of carbonyl (C=O) groups excluding carboxylic acids is 1. The molecule has 0 unspecified atom stereocenters. The van der Waals surface area contributed by atoms with Gasteiger partial charge in [-0.15, -0.1) is 11.3 Å². The highest BCUT2D eigenvalue weighted by Gasteiger charge is 2.19. The molecule has 0 aliphatic carbocycles. The van der Waals surface area contributed by atoms with Gasteiger partial charge in [0.05, 0.1) is 16.9 Å². The van der Waals surface area contributed by atoms with Gasteiger partial charge < -0.3 is 4.74 Å². The van der Waals surface area contributed by atoms with Gasteiger partial charge in [0.1, 0.15) is 5.75 Å². The van der Waals surface area contributed by atoms with Gasteiger partial charge in [0, 0.05) is 6.07 Å². The van der Waals surface area contributed by atoms with Gasteiger partial charge in [-0.25, -0.2) is 13.1 Å². The molecule has 5 nitrogen and oxygen atoms in total. The maximum atomic E-state index is 12.0. The van der Waals surface area contributed by atoms with E-state index in [4.69, 9.17) is 4.74 Å². The van der Waals surface area contributed by atoms with E-state index in [-0.39, 0.29) is 4.90 Å². The lowest BCUT2D eigenvalue weighted by Gasteiger charge is -2.07. The van der Waals surface area contributed by atoms with E-state index in [9.17, 15) is 13.2 Å². The molecule has 1 N–H and O–H groups in total. The fraction of sp³-hybridized carbons (Fsp3) is 0.0833. The molecule has 1 amide bonds. The Bertz CT molecular complexity index is 678. The Morgan fingerprint density at radius 1 is 1.26 bits per heavy atom. The highest BCUT2D eigenvalue weighted by molar-refractivity contribution is 7.90. The minimum Gasteiger partial charge on any atom is -0.497 e. The number of hydrogen-bond donors (Lipinski definition) is 1. The normalized spacial score (nSPS) is 11.0. The number of hydrogen-bond acceptors (Lipinski definition) is 5. The summed E-state index contributed by atoms with van der Waals surface area (Å²) in [4.78, 5) is 12.1. The summed E-state index contributed by atoms with van der Waals surface area (Å²) in [6, 6.07) is 9.15. The second-order valence-corrected chi connectivity index (χ2v) is 6.22. The standard InChI is InChI=1S/C12H11NO4S2/c1-17-9-4-2-5-10(8-9)19(15,16)13-12(14)11-6-3-7-18-11/h2-8H,1H3,(H,13,14). The molecular weight excluding hydrogens is 286 g/mol. The average Bonchev–Trinajstić information content (AvgIpc) is 2.92. The summed E-state index contributed by atoms with van der Waals surface area (Å²) in [6.45, 7) is 0. The van der Waals surface area contributed by atoms with Gasteiger partial charge >= 0.3 is 0 Å². The van der Waals surface area contributed by atoms with Gasteiger partial charge in [0.25, 0.3) is 15.9 Å². The summed E-state index contributed by atoms with van der Waals surface area (Å²) in [7, 11) is -2.45. The van der Waals surface area contributed by atoms with E-state index in [2.05, 4.69) is 0 Å². The Labute approximate surface area is 114 Å². The lowest BCUT2D eigenvalue weighted by molar-refractivity contribution is 0.0985. The van der Waals surface area contributed by atoms with Crippen LogP contribution < -0.4 is 9.46 Å². The Hall–Kier alpha value is -1.86. The molecule has 0 atom stereocenters. The largest absolute Gasteiger partial charge is 0.497 e. The summed E-state index contributed by atoms with van der Waals surface area (Å²) >= 11 is 1.17. The lowest BCUT2D eigenvalue weighted by atomic mass is 10.3. The van der Waals surface area contributed by atoms with Crippen molar-refractivity contribution in [3.63, 3.8) is 0 Å². The molecule has 100 valence electrons. The SMILES string of the molecule is COc1cccc(S(=O)(=O)NC(=O)c2cccs2)c1. The molecule has 1 aromatic carbocycles. The number of carbonyl (C=O) groups is 1. The van der Waals surface area contributed by atoms with Gasteiger partial charge in [0.2, 0.25) is 0 Å². The van der Waals surface area contributed by atoms with Crippen molar-refractivity contribution in [1.29, 1.82) is 0 Å². The zero-order valence-electron chi connectivity index (χ0n) is 9.99. The Morgan fingerprint density at radius 2 is 2.05 bits per heavy atom. The lowest BCUT2D eigenvalue weighted by Crippen LogP contribution is -2.29. The maximum Gasteiger partial charge on any atom is 0.275 e. The molecule has 0 saturated heterocycles. The van der Waals surface area contributed by atoms with Crippen molar-refractivity contribution >= 4 is 27.3 Å². The van der Waals surface area contributed by atoms with Crippen LogP contribution in [0.5, 0.6) is 5.75 Å². The number of methoxy groups -OCH3 is 1. The highest BCUT2D eigenvalue weighted by atomic mass is 32.2. The predicted octanol–water partition coefficient (Wildman–Crippen LogP) is 1.88. The fourth-order valence-corrected chi connectivity index (χ4v) is 3.09. The third-order valence-corrected chi connectivity index (χ3v) is 4.52. The molecule has 2 rings (SSSR count). The molecule has 0 saturated carbocycles. The summed E-state index contributed by atoms with van der Waals surface area (Å²) in [5.41, 5.74) is 0. The number of ether oxygens (including phenoxy) is 1. The van der Waals surface area contributed by atoms with Crippen LogP contribution in [0.2, 0.25) is 0 Å². The second kappa shape index (κ2) is 5.41. The minimum absolute atomic E-state index is 0.0169. The number of rotatable bonds is 4. The third kappa shape index (κ3) is 3.12. The summed E-state index contributed by atoms with van der Waals surface area (Å²) < 4.78 is 31.0. The van der Waals surface area contributed by atoms with E-state index in [1.54, 1.807) is 29.6 Å². The summed E-state index contributed by atoms with van der Waals surface area (Å²) in [5.74, 6) is -0.232. The predicted molar refractivity (Wildman–Crippen MR) is 72.0 cm³/mol. The first-order valence-electron chi connectivity index (χ1n) is 5.27. The molecule has 0 fully saturated rings. The van der Waals surface area contributed by atoms with Crippen molar-refractivity contribution in [3.05, 3.63) is 46.7 Å². The molecule has 0 spiro atoms. The third-order valence-electron chi connectivity index (χ3n) is 2.32. The van der Waals surface area contributed by atoms with E-state index in [0.29, 0.717) is 10.6 Å². The average molecular weight is 297 g/mol. The molecule has 2 aromatic rings. The molecule has 0 bridgehead atoms. The fourth-order valence-electron chi connectivity index (χ4n) is 1.41. The van der Waals surface area contributed by atoms with E-state index in [1.165, 1.54) is 30.6 Å². The van der Waals surface area contributed by atoms with Crippen molar-refractivity contribution in [3.8, 4) is 5.75 Å². The molecular formula is C12H11NO4S2. The molecule has 19 heavy (non-hydrogen) atoms. The van der Waals surface area contributed by atoms with E-state index >= 15 is 0 Å². The topological polar surface area (TPSA) is 72.5 Å². The van der Waals surface area contributed by atoms with Gasteiger partial charge in [-0.1, -0.05) is 12.1 Å². The zero-order valence-corrected chi connectivity index (χ0v) is 11.6. The van der Waals surface area contributed by atoms with Crippen LogP contribution in [0.1, 0.15) is 9.67 Å². The summed E-state index contributed by atoms with van der Waals surface area (Å²) in [5, 5.41) is 1.70. The van der Waals surface area contributed by atoms with Crippen LogP contribution in [0.3, 0.4) is 0 Å². The Morgan fingerprint density at radius 3 is 2.68 bits per heavy atom. The highest BCUT2D eigenvalue weighted by Crippen LogP contribution is 2.17. The van der Waals surface area contributed by atoms with Crippen LogP contribution in [-0.2, 0) is 10.0 Å². The van der Waals surface area contributed by atoms with Gasteiger partial charge in [-0.05, 0) is 23.6 Å². The first kappa shape index (κ1) is 13.6. The van der Waals surface area contributed by atoms with Crippen molar-refractivity contribution in [2.24, 2.45) is 0 Å². The van der Waals surface area contributed by atoms with E-state index in [0.717, 1.165) is 0 Å². The van der Waals surface area contributed by atoms with Crippen molar-refractivity contribution in [2.45, 2.75) is 4.90 Å². The minimum atomic E-state index is -3.89. The quantitative estimate of drug-likeness (QED) is 0.935. The molecule has 0 aliphatic rings. The monoisotopic (exact) mass is 297 g/mol. The van der Waals surface area contributed by atoms with Crippen LogP contribution in [0, 0.1) is 0 Å². The number of sulfonamides is 1. The van der Waals surface area contributed by atoms with Crippen LogP contribution in [0.15, 0.2) is 46.7 Å². The van der Waals surface area contributed by atoms with Crippen LogP contribution in [0.25, 0.3) is 0 Å². The molecule has 1 aromatic heterocycles. The number of nitrogens with one attached hydrogen (secondary N) is 1. The molecule has 0 aliphatic heterocycles. The molecule has 7 heteroatoms. The van der Waals surface area contributed by atoms with Crippen LogP contribution in [-0.4, -0.2) is 21.4 Å². The Kier molecular flexibility index (Phi) is 3.87. The first-order valence-corrected chi connectivity index (χ1v) is 7.64. The van der Waals surface area contributed by atoms with Crippen molar-refractivity contribution in [2.75, 3.05) is 7.11 Å². The number of benzene rings is 1. The van der Waals surface area contributed by atoms with E-state index in [1.807, 2.05) is 4.72 Å². The van der Waals surface area contributed by atoms with E-state index < -0.39 is 15.9 Å². The van der Waals surface area contributed by atoms with Gasteiger partial charge in [-0.3, -0.25) is 4.79 Å². The number of thiophene rings is 1. The molecule has 1 heterocycles. The van der Waals surface area contributed by atoms with Crippen LogP contribution in [0.4, 0.5) is 0 Å². The first-order chi connectivity index (χ1) is 9.03. The van der Waals surface area contributed by atoms with Crippen LogP contribution >= 0.6 is 11.3 Å². The Balaban J connectivity index is 2.25. The second-order valence-electron chi connectivity index (χ2n) is 3.59. The maximum absolute atomic E-state index is 12.0. The van der Waals surface area contributed by atoms with Gasteiger partial charge in [-0.2, -0.15) is 0 Å². The summed E-state index contributed by atoms with van der Waals surface area (Å²) in [6.07, 6.45) is 0. The smallest absolute Gasteiger partial charge is 0.275 e. The molecule has 0 radical (unpaired) electrons. The van der Waals surface area contributed by atoms with Gasteiger partial charge in [0.15, 0.2) is 0 Å². The van der Waals surface area contributed by atoms with Crippen molar-refractivity contribution in [1.82, 2.24) is 4.72 Å². The van der Waals surface area contributed by atoms with Crippen molar-refractivity contribution < 1.29 is 17.9 Å². The number of amides is 1. The zero-order chi connectivity index (χ0) is 13.9.